The number of rotatable bonds is 12. The number of allylic oxidation sites excluding steroid dienone is 2. The van der Waals surface area contributed by atoms with Crippen LogP contribution in [0.4, 0.5) is 0 Å². The zero-order valence-corrected chi connectivity index (χ0v) is 26.6. The number of methoxy groups -OCH3 is 2. The Morgan fingerprint density at radius 3 is 1.49 bits per heavy atom. The first-order valence-electron chi connectivity index (χ1n) is 15.0. The van der Waals surface area contributed by atoms with E-state index in [0.29, 0.717) is 42.5 Å². The van der Waals surface area contributed by atoms with Crippen molar-refractivity contribution in [2.24, 2.45) is 23.2 Å². The fraction of sp³-hybridized carbons (Fsp3) is 0.528. The molecule has 2 aromatic rings. The molecule has 0 amide bonds. The van der Waals surface area contributed by atoms with Crippen LogP contribution in [0.2, 0.25) is 0 Å². The second kappa shape index (κ2) is 14.6. The molecule has 0 spiro atoms. The molecule has 0 bridgehead atoms. The van der Waals surface area contributed by atoms with Gasteiger partial charge in [0, 0.05) is 11.1 Å². The monoisotopic (exact) mass is 562 g/mol. The van der Waals surface area contributed by atoms with E-state index >= 15 is 0 Å². The minimum absolute atomic E-state index is 0.0521. The van der Waals surface area contributed by atoms with Crippen LogP contribution >= 0.6 is 0 Å². The number of hydrogen-bond acceptors (Lipinski definition) is 5. The second-order valence-corrected chi connectivity index (χ2v) is 13.0. The summed E-state index contributed by atoms with van der Waals surface area (Å²) in [5.74, 6) is 4.38. The van der Waals surface area contributed by atoms with Crippen molar-refractivity contribution in [3.8, 4) is 23.0 Å². The van der Waals surface area contributed by atoms with E-state index in [9.17, 15) is 4.79 Å². The first kappa shape index (κ1) is 32.3. The lowest BCUT2D eigenvalue weighted by molar-refractivity contribution is -0.113. The summed E-state index contributed by atoms with van der Waals surface area (Å²) in [4.78, 5) is 13.8. The molecule has 5 heteroatoms. The van der Waals surface area contributed by atoms with Crippen LogP contribution < -0.4 is 18.9 Å². The van der Waals surface area contributed by atoms with Crippen LogP contribution in [0.5, 0.6) is 23.0 Å². The highest BCUT2D eigenvalue weighted by molar-refractivity contribution is 6.14. The summed E-state index contributed by atoms with van der Waals surface area (Å²) in [5, 5.41) is 0. The van der Waals surface area contributed by atoms with Gasteiger partial charge in [-0.05, 0) is 96.4 Å². The molecule has 0 unspecified atom stereocenters. The molecule has 1 aliphatic rings. The third-order valence-corrected chi connectivity index (χ3v) is 7.70. The molecule has 0 heterocycles. The van der Waals surface area contributed by atoms with Gasteiger partial charge in [-0.2, -0.15) is 0 Å². The molecule has 0 aliphatic heterocycles. The van der Waals surface area contributed by atoms with E-state index in [0.717, 1.165) is 59.5 Å². The summed E-state index contributed by atoms with van der Waals surface area (Å²) >= 11 is 0. The zero-order chi connectivity index (χ0) is 30.2. The fourth-order valence-corrected chi connectivity index (χ4v) is 4.85. The van der Waals surface area contributed by atoms with E-state index in [-0.39, 0.29) is 11.2 Å². The van der Waals surface area contributed by atoms with E-state index in [1.165, 1.54) is 0 Å². The molecule has 1 aliphatic carbocycles. The van der Waals surface area contributed by atoms with Crippen molar-refractivity contribution in [2.45, 2.75) is 74.1 Å². The van der Waals surface area contributed by atoms with Gasteiger partial charge in [0.1, 0.15) is 0 Å². The highest BCUT2D eigenvalue weighted by atomic mass is 16.5. The quantitative estimate of drug-likeness (QED) is 0.242. The van der Waals surface area contributed by atoms with Gasteiger partial charge in [-0.25, -0.2) is 0 Å². The van der Waals surface area contributed by atoms with Gasteiger partial charge >= 0.3 is 0 Å². The van der Waals surface area contributed by atoms with E-state index in [4.69, 9.17) is 18.9 Å². The molecule has 0 saturated heterocycles. The van der Waals surface area contributed by atoms with Gasteiger partial charge in [0.25, 0.3) is 0 Å². The summed E-state index contributed by atoms with van der Waals surface area (Å²) in [6.45, 7) is 16.8. The molecule has 0 radical (unpaired) electrons. The lowest BCUT2D eigenvalue weighted by Crippen LogP contribution is -2.29. The molecule has 5 nitrogen and oxygen atoms in total. The van der Waals surface area contributed by atoms with E-state index in [1.54, 1.807) is 14.2 Å². The molecule has 0 N–H and O–H groups in total. The Morgan fingerprint density at radius 2 is 1.15 bits per heavy atom. The topological polar surface area (TPSA) is 54.0 Å². The molecule has 1 fully saturated rings. The highest BCUT2D eigenvalue weighted by Crippen LogP contribution is 2.42. The van der Waals surface area contributed by atoms with Crippen LogP contribution in [0.1, 0.15) is 85.3 Å². The minimum Gasteiger partial charge on any atom is -0.493 e. The summed E-state index contributed by atoms with van der Waals surface area (Å²) in [7, 11) is 3.30. The SMILES string of the molecule is COc1cc(/C=C2\CC(C(C)(C)C)C/C(=C\c3ccc(OCCC(C)C)c(OC)c3)C2=O)ccc1OCCC(C)C. The van der Waals surface area contributed by atoms with Gasteiger partial charge in [-0.15, -0.1) is 0 Å². The Balaban J connectivity index is 1.91. The second-order valence-electron chi connectivity index (χ2n) is 13.0. The van der Waals surface area contributed by atoms with E-state index in [1.807, 2.05) is 48.6 Å². The number of carbonyl (C=O) groups is 1. The maximum Gasteiger partial charge on any atom is 0.185 e. The molecule has 224 valence electrons. The van der Waals surface area contributed by atoms with E-state index < -0.39 is 0 Å². The highest BCUT2D eigenvalue weighted by Gasteiger charge is 2.34. The number of carbonyl (C=O) groups excluding carboxylic acids is 1. The predicted molar refractivity (Wildman–Crippen MR) is 169 cm³/mol. The van der Waals surface area contributed by atoms with Crippen LogP contribution in [-0.4, -0.2) is 33.2 Å². The van der Waals surface area contributed by atoms with Crippen molar-refractivity contribution in [3.63, 3.8) is 0 Å². The molecule has 2 aromatic carbocycles. The maximum atomic E-state index is 13.8. The van der Waals surface area contributed by atoms with Gasteiger partial charge in [-0.1, -0.05) is 60.6 Å². The van der Waals surface area contributed by atoms with Crippen molar-refractivity contribution in [1.82, 2.24) is 0 Å². The van der Waals surface area contributed by atoms with Crippen molar-refractivity contribution >= 4 is 17.9 Å². The van der Waals surface area contributed by atoms with Crippen LogP contribution in [-0.2, 0) is 4.79 Å². The van der Waals surface area contributed by atoms with Gasteiger partial charge < -0.3 is 18.9 Å². The van der Waals surface area contributed by atoms with E-state index in [2.05, 4.69) is 48.5 Å². The van der Waals surface area contributed by atoms with Crippen molar-refractivity contribution in [3.05, 3.63) is 58.7 Å². The van der Waals surface area contributed by atoms with Gasteiger partial charge in [0.2, 0.25) is 0 Å². The molecule has 3 rings (SSSR count). The van der Waals surface area contributed by atoms with Crippen LogP contribution in [0.3, 0.4) is 0 Å². The maximum absolute atomic E-state index is 13.8. The number of ketones is 1. The van der Waals surface area contributed by atoms with Crippen LogP contribution in [0, 0.1) is 23.2 Å². The van der Waals surface area contributed by atoms with Gasteiger partial charge in [-0.3, -0.25) is 4.79 Å². The largest absolute Gasteiger partial charge is 0.493 e. The van der Waals surface area contributed by atoms with Crippen molar-refractivity contribution in [2.75, 3.05) is 27.4 Å². The standard InChI is InChI=1S/C36H50O5/c1-24(2)14-16-40-31-12-10-26(20-33(31)38-8)18-28-22-30(36(5,6)7)23-29(35(28)37)19-27-11-13-32(34(21-27)39-9)41-17-15-25(3)4/h10-13,18-21,24-25,30H,14-17,22-23H2,1-9H3/b28-18+,29-19+. The molecular formula is C36H50O5. The first-order valence-corrected chi connectivity index (χ1v) is 15.0. The third-order valence-electron chi connectivity index (χ3n) is 7.70. The minimum atomic E-state index is 0.0521. The smallest absolute Gasteiger partial charge is 0.185 e. The molecular weight excluding hydrogens is 512 g/mol. The Bertz CT molecular complexity index is 1140. The summed E-state index contributed by atoms with van der Waals surface area (Å²) < 4.78 is 23.2. The first-order chi connectivity index (χ1) is 19.4. The zero-order valence-electron chi connectivity index (χ0n) is 26.6. The lowest BCUT2D eigenvalue weighted by atomic mass is 9.68. The fourth-order valence-electron chi connectivity index (χ4n) is 4.85. The Hall–Kier alpha value is -3.21. The number of ether oxygens (including phenoxy) is 4. The van der Waals surface area contributed by atoms with Gasteiger partial charge in [0.15, 0.2) is 28.8 Å². The Kier molecular flexibility index (Phi) is 11.5. The Morgan fingerprint density at radius 1 is 0.732 bits per heavy atom. The summed E-state index contributed by atoms with van der Waals surface area (Å²) in [6, 6.07) is 11.8. The molecule has 41 heavy (non-hydrogen) atoms. The Labute approximate surface area is 247 Å². The summed E-state index contributed by atoms with van der Waals surface area (Å²) in [6.07, 6.45) is 7.46. The normalized spacial score (nSPS) is 17.9. The molecule has 0 aromatic heterocycles. The van der Waals surface area contributed by atoms with Crippen LogP contribution in [0.25, 0.3) is 12.2 Å². The number of benzene rings is 2. The number of Topliss-reactive ketones (excluding diaryl/α,β-unsaturated/α-hetero) is 1. The average Bonchev–Trinajstić information content (AvgIpc) is 2.91. The lowest BCUT2D eigenvalue weighted by Gasteiger charge is -2.35. The van der Waals surface area contributed by atoms with Gasteiger partial charge in [0.05, 0.1) is 27.4 Å². The molecule has 0 atom stereocenters. The number of hydrogen-bond donors (Lipinski definition) is 0. The predicted octanol–water partition coefficient (Wildman–Crippen LogP) is 9.05. The summed E-state index contributed by atoms with van der Waals surface area (Å²) in [5.41, 5.74) is 3.55. The van der Waals surface area contributed by atoms with Crippen LogP contribution in [0.15, 0.2) is 47.5 Å². The third kappa shape index (κ3) is 9.41. The molecule has 1 saturated carbocycles. The van der Waals surface area contributed by atoms with Crippen molar-refractivity contribution < 1.29 is 23.7 Å². The average molecular weight is 563 g/mol. The van der Waals surface area contributed by atoms with Crippen molar-refractivity contribution in [1.29, 1.82) is 0 Å².